The van der Waals surface area contributed by atoms with Crippen LogP contribution in [0.5, 0.6) is 0 Å². The molecule has 3 rings (SSSR count). The van der Waals surface area contributed by atoms with Gasteiger partial charge in [-0.3, -0.25) is 9.78 Å². The van der Waals surface area contributed by atoms with E-state index in [4.69, 9.17) is 17.3 Å². The number of piperazine rings is 1. The Hall–Kier alpha value is -2.41. The molecule has 0 bridgehead atoms. The molecule has 7 nitrogen and oxygen atoms in total. The summed E-state index contributed by atoms with van der Waals surface area (Å²) in [6.07, 6.45) is 4.86. The second-order valence-electron chi connectivity index (χ2n) is 4.91. The molecule has 0 radical (unpaired) electrons. The van der Waals surface area contributed by atoms with E-state index in [9.17, 15) is 4.79 Å². The number of carbonyl (C=O) groups is 1. The molecule has 2 N–H and O–H groups in total. The monoisotopic (exact) mass is 318 g/mol. The van der Waals surface area contributed by atoms with Gasteiger partial charge in [-0.05, 0) is 12.1 Å². The zero-order chi connectivity index (χ0) is 15.5. The summed E-state index contributed by atoms with van der Waals surface area (Å²) >= 11 is 5.87. The van der Waals surface area contributed by atoms with Crippen LogP contribution in [0.15, 0.2) is 30.7 Å². The van der Waals surface area contributed by atoms with Crippen LogP contribution in [0.1, 0.15) is 10.4 Å². The van der Waals surface area contributed by atoms with Crippen LogP contribution >= 0.6 is 11.6 Å². The smallest absolute Gasteiger partial charge is 0.252 e. The van der Waals surface area contributed by atoms with Crippen LogP contribution in [0.25, 0.3) is 0 Å². The van der Waals surface area contributed by atoms with E-state index in [1.807, 2.05) is 0 Å². The third kappa shape index (κ3) is 2.94. The Morgan fingerprint density at radius 2 is 1.91 bits per heavy atom. The summed E-state index contributed by atoms with van der Waals surface area (Å²) in [5, 5.41) is 0.376. The number of nitrogens with zero attached hydrogens (tertiary/aromatic N) is 5. The fourth-order valence-corrected chi connectivity index (χ4v) is 2.62. The van der Waals surface area contributed by atoms with Gasteiger partial charge in [0.2, 0.25) is 0 Å². The average molecular weight is 319 g/mol. The lowest BCUT2D eigenvalue weighted by Crippen LogP contribution is -2.47. The molecule has 2 aromatic heterocycles. The van der Waals surface area contributed by atoms with Gasteiger partial charge in [-0.1, -0.05) is 11.6 Å². The Bertz CT molecular complexity index is 687. The summed E-state index contributed by atoms with van der Waals surface area (Å²) in [6, 6.07) is 3.40. The number of pyridine rings is 1. The standard InChI is InChI=1S/C14H15ClN6O/c15-11-8-17-9-12(19-11)20-4-6-21(7-5-20)14-10(13(16)22)2-1-3-18-14/h1-3,8-9H,4-7H2,(H2,16,22). The quantitative estimate of drug-likeness (QED) is 0.906. The number of anilines is 2. The van der Waals surface area contributed by atoms with E-state index in [1.165, 1.54) is 6.20 Å². The molecular formula is C14H15ClN6O. The molecule has 0 aromatic carbocycles. The van der Waals surface area contributed by atoms with Gasteiger partial charge in [0.1, 0.15) is 16.8 Å². The zero-order valence-corrected chi connectivity index (χ0v) is 12.6. The Labute approximate surface area is 132 Å². The first kappa shape index (κ1) is 14.5. The Morgan fingerprint density at radius 3 is 2.59 bits per heavy atom. The van der Waals surface area contributed by atoms with Crippen molar-refractivity contribution in [3.63, 3.8) is 0 Å². The molecule has 0 unspecified atom stereocenters. The van der Waals surface area contributed by atoms with E-state index in [0.717, 1.165) is 18.9 Å². The first-order chi connectivity index (χ1) is 10.6. The third-order valence-corrected chi connectivity index (χ3v) is 3.73. The highest BCUT2D eigenvalue weighted by Gasteiger charge is 2.22. The molecule has 2 aromatic rings. The topological polar surface area (TPSA) is 88.2 Å². The largest absolute Gasteiger partial charge is 0.365 e. The van der Waals surface area contributed by atoms with Gasteiger partial charge in [0.25, 0.3) is 5.91 Å². The van der Waals surface area contributed by atoms with Crippen molar-refractivity contribution in [2.45, 2.75) is 0 Å². The summed E-state index contributed by atoms with van der Waals surface area (Å²) in [7, 11) is 0. The van der Waals surface area contributed by atoms with Gasteiger partial charge >= 0.3 is 0 Å². The molecule has 0 spiro atoms. The highest BCUT2D eigenvalue weighted by Crippen LogP contribution is 2.21. The minimum Gasteiger partial charge on any atom is -0.365 e. The number of hydrogen-bond acceptors (Lipinski definition) is 6. The van der Waals surface area contributed by atoms with E-state index in [1.54, 1.807) is 24.5 Å². The third-order valence-electron chi connectivity index (χ3n) is 3.55. The summed E-state index contributed by atoms with van der Waals surface area (Å²) < 4.78 is 0. The van der Waals surface area contributed by atoms with Crippen molar-refractivity contribution in [2.75, 3.05) is 36.0 Å². The zero-order valence-electron chi connectivity index (χ0n) is 11.8. The van der Waals surface area contributed by atoms with Crippen molar-refractivity contribution < 1.29 is 4.79 Å². The van der Waals surface area contributed by atoms with Crippen molar-refractivity contribution >= 4 is 29.1 Å². The number of halogens is 1. The molecule has 1 aliphatic heterocycles. The van der Waals surface area contributed by atoms with Crippen molar-refractivity contribution in [1.82, 2.24) is 15.0 Å². The fraction of sp³-hybridized carbons (Fsp3) is 0.286. The summed E-state index contributed by atoms with van der Waals surface area (Å²) in [6.45, 7) is 2.91. The van der Waals surface area contributed by atoms with Gasteiger partial charge < -0.3 is 15.5 Å². The maximum atomic E-state index is 11.5. The number of rotatable bonds is 3. The minimum atomic E-state index is -0.466. The van der Waals surface area contributed by atoms with Crippen LogP contribution in [-0.2, 0) is 0 Å². The first-order valence-corrected chi connectivity index (χ1v) is 7.25. The molecule has 1 fully saturated rings. The van der Waals surface area contributed by atoms with Crippen LogP contribution in [0.2, 0.25) is 5.15 Å². The second-order valence-corrected chi connectivity index (χ2v) is 5.30. The van der Waals surface area contributed by atoms with Crippen LogP contribution in [0.3, 0.4) is 0 Å². The number of carbonyl (C=O) groups excluding carboxylic acids is 1. The fourth-order valence-electron chi connectivity index (χ4n) is 2.47. The number of amides is 1. The molecule has 114 valence electrons. The predicted octanol–water partition coefficient (Wildman–Crippen LogP) is 0.950. The van der Waals surface area contributed by atoms with Gasteiger partial charge in [0, 0.05) is 32.4 Å². The van der Waals surface area contributed by atoms with E-state index in [0.29, 0.717) is 29.6 Å². The molecule has 0 aliphatic carbocycles. The Balaban J connectivity index is 1.73. The number of nitrogens with two attached hydrogens (primary N) is 1. The SMILES string of the molecule is NC(=O)c1cccnc1N1CCN(c2cncc(Cl)n2)CC1. The van der Waals surface area contributed by atoms with Crippen LogP contribution < -0.4 is 15.5 Å². The molecule has 1 aliphatic rings. The van der Waals surface area contributed by atoms with Crippen LogP contribution in [-0.4, -0.2) is 47.0 Å². The predicted molar refractivity (Wildman–Crippen MR) is 84.2 cm³/mol. The lowest BCUT2D eigenvalue weighted by atomic mass is 10.2. The van der Waals surface area contributed by atoms with Crippen molar-refractivity contribution in [3.05, 3.63) is 41.4 Å². The van der Waals surface area contributed by atoms with Crippen molar-refractivity contribution in [3.8, 4) is 0 Å². The van der Waals surface area contributed by atoms with E-state index in [-0.39, 0.29) is 0 Å². The van der Waals surface area contributed by atoms with E-state index < -0.39 is 5.91 Å². The molecule has 0 saturated carbocycles. The van der Waals surface area contributed by atoms with Crippen LogP contribution in [0, 0.1) is 0 Å². The first-order valence-electron chi connectivity index (χ1n) is 6.87. The lowest BCUT2D eigenvalue weighted by molar-refractivity contribution is 0.100. The summed E-state index contributed by atoms with van der Waals surface area (Å²) in [5.74, 6) is 0.918. The lowest BCUT2D eigenvalue weighted by Gasteiger charge is -2.36. The average Bonchev–Trinajstić information content (AvgIpc) is 2.55. The van der Waals surface area contributed by atoms with Gasteiger partial charge in [-0.15, -0.1) is 0 Å². The molecule has 8 heteroatoms. The maximum absolute atomic E-state index is 11.5. The van der Waals surface area contributed by atoms with E-state index >= 15 is 0 Å². The Kier molecular flexibility index (Phi) is 4.06. The van der Waals surface area contributed by atoms with Crippen molar-refractivity contribution in [2.24, 2.45) is 5.73 Å². The van der Waals surface area contributed by atoms with E-state index in [2.05, 4.69) is 24.8 Å². The van der Waals surface area contributed by atoms with Gasteiger partial charge in [0.15, 0.2) is 0 Å². The Morgan fingerprint density at radius 1 is 1.18 bits per heavy atom. The molecule has 1 saturated heterocycles. The minimum absolute atomic E-state index is 0.376. The molecule has 22 heavy (non-hydrogen) atoms. The van der Waals surface area contributed by atoms with Gasteiger partial charge in [0.05, 0.1) is 18.0 Å². The molecule has 3 heterocycles. The normalized spacial score (nSPS) is 15.0. The molecule has 1 amide bonds. The summed E-state index contributed by atoms with van der Waals surface area (Å²) in [5.41, 5.74) is 5.85. The molecular weight excluding hydrogens is 304 g/mol. The molecule has 0 atom stereocenters. The maximum Gasteiger partial charge on any atom is 0.252 e. The highest BCUT2D eigenvalue weighted by atomic mass is 35.5. The summed E-state index contributed by atoms with van der Waals surface area (Å²) in [4.78, 5) is 28.3. The van der Waals surface area contributed by atoms with Crippen molar-refractivity contribution in [1.29, 1.82) is 0 Å². The number of aromatic nitrogens is 3. The second kappa shape index (κ2) is 6.15. The highest BCUT2D eigenvalue weighted by molar-refractivity contribution is 6.29. The number of primary amides is 1. The van der Waals surface area contributed by atoms with Gasteiger partial charge in [-0.25, -0.2) is 9.97 Å². The number of hydrogen-bond donors (Lipinski definition) is 1. The van der Waals surface area contributed by atoms with Gasteiger partial charge in [-0.2, -0.15) is 0 Å². The van der Waals surface area contributed by atoms with Crippen LogP contribution in [0.4, 0.5) is 11.6 Å².